The van der Waals surface area contributed by atoms with Crippen molar-refractivity contribution < 1.29 is 21.6 Å². The van der Waals surface area contributed by atoms with Crippen molar-refractivity contribution in [3.05, 3.63) is 76.8 Å². The third-order valence-electron chi connectivity index (χ3n) is 8.47. The molecule has 0 amide bonds. The molecule has 1 saturated carbocycles. The van der Waals surface area contributed by atoms with E-state index in [0.717, 1.165) is 28.8 Å². The molecule has 10 nitrogen and oxygen atoms in total. The monoisotopic (exact) mass is 624 g/mol. The number of sulfonamides is 1. The minimum absolute atomic E-state index is 0.0182. The lowest BCUT2D eigenvalue weighted by Gasteiger charge is -2.21. The number of aryl methyl sites for hydroxylation is 2. The Morgan fingerprint density at radius 3 is 2.26 bits per heavy atom. The molecule has 0 radical (unpaired) electrons. The molecule has 2 aromatic carbocycles. The van der Waals surface area contributed by atoms with Gasteiger partial charge < -0.3 is 14.2 Å². The number of rotatable bonds is 9. The van der Waals surface area contributed by atoms with Crippen molar-refractivity contribution >= 4 is 30.9 Å². The number of nitrogens with zero attached hydrogens (tertiary/aromatic N) is 4. The van der Waals surface area contributed by atoms with Crippen LogP contribution in [0.1, 0.15) is 24.8 Å². The van der Waals surface area contributed by atoms with Crippen molar-refractivity contribution in [2.75, 3.05) is 33.8 Å². The highest BCUT2D eigenvalue weighted by Crippen LogP contribution is 2.39. The van der Waals surface area contributed by atoms with Crippen LogP contribution < -0.4 is 10.3 Å². The number of ether oxygens (including phenoxy) is 1. The Bertz CT molecular complexity index is 1970. The maximum absolute atomic E-state index is 13.8. The van der Waals surface area contributed by atoms with E-state index in [1.807, 2.05) is 25.9 Å². The van der Waals surface area contributed by atoms with Gasteiger partial charge >= 0.3 is 0 Å². The molecule has 12 heteroatoms. The first-order valence-electron chi connectivity index (χ1n) is 14.3. The smallest absolute Gasteiger partial charge is 0.275 e. The largest absolute Gasteiger partial charge is 0.493 e. The van der Waals surface area contributed by atoms with Gasteiger partial charge in [-0.3, -0.25) is 4.79 Å². The second kappa shape index (κ2) is 10.9. The van der Waals surface area contributed by atoms with E-state index in [4.69, 9.17) is 4.74 Å². The highest BCUT2D eigenvalue weighted by Gasteiger charge is 2.34. The van der Waals surface area contributed by atoms with Crippen LogP contribution in [-0.2, 0) is 27.1 Å². The topological polar surface area (TPSA) is 111 Å². The number of fused-ring (bicyclic) bond motifs is 1. The number of hydrogen-bond acceptors (Lipinski definition) is 7. The summed E-state index contributed by atoms with van der Waals surface area (Å²) in [7, 11) is -2.46. The van der Waals surface area contributed by atoms with Crippen molar-refractivity contribution in [3.8, 4) is 16.9 Å². The first-order chi connectivity index (χ1) is 20.4. The van der Waals surface area contributed by atoms with Crippen molar-refractivity contribution in [1.82, 2.24) is 17.7 Å². The van der Waals surface area contributed by atoms with E-state index in [1.54, 1.807) is 49.6 Å². The number of hydrogen-bond donors (Lipinski definition) is 0. The van der Waals surface area contributed by atoms with Gasteiger partial charge in [0.15, 0.2) is 0 Å². The normalized spacial score (nSPS) is 18.1. The summed E-state index contributed by atoms with van der Waals surface area (Å²) in [6.45, 7) is 3.18. The third kappa shape index (κ3) is 5.41. The van der Waals surface area contributed by atoms with Gasteiger partial charge in [0.05, 0.1) is 16.4 Å². The molecule has 2 aromatic heterocycles. The number of aromatic nitrogens is 2. The second-order valence-electron chi connectivity index (χ2n) is 11.8. The predicted octanol–water partition coefficient (Wildman–Crippen LogP) is 3.67. The van der Waals surface area contributed by atoms with Crippen LogP contribution in [0.2, 0.25) is 0 Å². The average Bonchev–Trinajstić information content (AvgIpc) is 3.45. The fraction of sp³-hybridized carbons (Fsp3) is 0.387. The summed E-state index contributed by atoms with van der Waals surface area (Å²) >= 11 is 0. The quantitative estimate of drug-likeness (QED) is 0.280. The lowest BCUT2D eigenvalue weighted by molar-refractivity contribution is 0.300. The second-order valence-corrected chi connectivity index (χ2v) is 15.6. The Morgan fingerprint density at radius 2 is 1.60 bits per heavy atom. The van der Waals surface area contributed by atoms with Crippen molar-refractivity contribution in [1.29, 1.82) is 0 Å². The van der Waals surface area contributed by atoms with Crippen LogP contribution in [0.25, 0.3) is 22.0 Å². The molecule has 43 heavy (non-hydrogen) atoms. The van der Waals surface area contributed by atoms with Gasteiger partial charge in [0.25, 0.3) is 15.6 Å². The Morgan fingerprint density at radius 1 is 0.907 bits per heavy atom. The van der Waals surface area contributed by atoms with Crippen LogP contribution in [0.3, 0.4) is 0 Å². The summed E-state index contributed by atoms with van der Waals surface area (Å²) in [5.74, 6) is 0.928. The van der Waals surface area contributed by atoms with Gasteiger partial charge in [-0.25, -0.2) is 20.8 Å². The zero-order valence-corrected chi connectivity index (χ0v) is 26.4. The van der Waals surface area contributed by atoms with Gasteiger partial charge in [0, 0.05) is 55.1 Å². The Balaban J connectivity index is 1.51. The van der Waals surface area contributed by atoms with Gasteiger partial charge in [0.1, 0.15) is 11.3 Å². The first-order valence-corrected chi connectivity index (χ1v) is 17.2. The van der Waals surface area contributed by atoms with E-state index in [9.17, 15) is 21.6 Å². The van der Waals surface area contributed by atoms with Crippen LogP contribution in [-0.4, -0.2) is 74.4 Å². The van der Waals surface area contributed by atoms with Crippen LogP contribution in [0.15, 0.2) is 75.5 Å². The molecule has 1 aliphatic heterocycles. The van der Waals surface area contributed by atoms with Gasteiger partial charge in [-0.15, -0.1) is 0 Å². The van der Waals surface area contributed by atoms with E-state index >= 15 is 0 Å². The summed E-state index contributed by atoms with van der Waals surface area (Å²) in [6, 6.07) is 13.0. The Labute approximate surface area is 252 Å². The maximum atomic E-state index is 13.8. The molecule has 2 aliphatic rings. The SMILES string of the molecule is Cc1ccc(S(=O)(=O)n2ccc3c(-c4cc(S(=O)(=O)N5CCC(N(C)C)C5)ccc4OCC4CC4)cn(C)c(=O)c32)cc1. The fourth-order valence-electron chi connectivity index (χ4n) is 5.57. The molecular weight excluding hydrogens is 588 g/mol. The van der Waals surface area contributed by atoms with E-state index in [0.29, 0.717) is 47.9 Å². The van der Waals surface area contributed by atoms with E-state index in [-0.39, 0.29) is 21.3 Å². The average molecular weight is 625 g/mol. The highest BCUT2D eigenvalue weighted by molar-refractivity contribution is 7.90. The van der Waals surface area contributed by atoms with Gasteiger partial charge in [-0.05, 0) is 82.6 Å². The zero-order chi connectivity index (χ0) is 30.7. The molecule has 1 unspecified atom stereocenters. The highest BCUT2D eigenvalue weighted by atomic mass is 32.2. The summed E-state index contributed by atoms with van der Waals surface area (Å²) in [5.41, 5.74) is 1.39. The van der Waals surface area contributed by atoms with Gasteiger partial charge in [-0.1, -0.05) is 17.7 Å². The minimum atomic E-state index is -4.09. The molecule has 2 fully saturated rings. The van der Waals surface area contributed by atoms with Crippen molar-refractivity contribution in [3.63, 3.8) is 0 Å². The Hall–Kier alpha value is -3.45. The molecule has 1 saturated heterocycles. The van der Waals surface area contributed by atoms with Crippen molar-refractivity contribution in [2.45, 2.75) is 42.0 Å². The molecule has 0 N–H and O–H groups in total. The molecule has 4 aromatic rings. The van der Waals surface area contributed by atoms with Gasteiger partial charge in [-0.2, -0.15) is 4.31 Å². The predicted molar refractivity (Wildman–Crippen MR) is 165 cm³/mol. The lowest BCUT2D eigenvalue weighted by Crippen LogP contribution is -2.34. The van der Waals surface area contributed by atoms with Crippen LogP contribution >= 0.6 is 0 Å². The Kier molecular flexibility index (Phi) is 7.52. The summed E-state index contributed by atoms with van der Waals surface area (Å²) in [5, 5.41) is 0.387. The van der Waals surface area contributed by atoms with Crippen LogP contribution in [0.5, 0.6) is 5.75 Å². The van der Waals surface area contributed by atoms with E-state index in [2.05, 4.69) is 0 Å². The minimum Gasteiger partial charge on any atom is -0.493 e. The van der Waals surface area contributed by atoms with Gasteiger partial charge in [0.2, 0.25) is 10.0 Å². The molecular formula is C31H36N4O6S2. The molecule has 0 bridgehead atoms. The summed E-state index contributed by atoms with van der Waals surface area (Å²) in [6.07, 6.45) is 5.89. The standard InChI is InChI=1S/C31H36N4O6S2/c1-21-5-9-24(10-6-21)43(39,40)35-16-14-26-28(19-33(4)31(36)30(26)35)27-17-25(11-12-29(27)41-20-22-7-8-22)42(37,38)34-15-13-23(18-34)32(2)3/h5-6,9-12,14,16-17,19,22-23H,7-8,13,15,18,20H2,1-4H3. The summed E-state index contributed by atoms with van der Waals surface area (Å²) < 4.78 is 65.0. The molecule has 3 heterocycles. The third-order valence-corrected chi connectivity index (χ3v) is 12.0. The first kappa shape index (κ1) is 29.6. The zero-order valence-electron chi connectivity index (χ0n) is 24.7. The molecule has 0 spiro atoms. The number of likely N-dealkylation sites (N-methyl/N-ethyl adjacent to an activating group) is 1. The van der Waals surface area contributed by atoms with Crippen LogP contribution in [0, 0.1) is 12.8 Å². The summed E-state index contributed by atoms with van der Waals surface area (Å²) in [4.78, 5) is 15.7. The number of pyridine rings is 1. The number of benzene rings is 2. The molecule has 6 rings (SSSR count). The molecule has 1 atom stereocenters. The lowest BCUT2D eigenvalue weighted by atomic mass is 10.0. The molecule has 1 aliphatic carbocycles. The molecule has 228 valence electrons. The fourth-order valence-corrected chi connectivity index (χ4v) is 8.43. The van der Waals surface area contributed by atoms with Crippen LogP contribution in [0.4, 0.5) is 0 Å². The van der Waals surface area contributed by atoms with E-state index < -0.39 is 25.6 Å². The van der Waals surface area contributed by atoms with E-state index in [1.165, 1.54) is 27.2 Å². The maximum Gasteiger partial charge on any atom is 0.275 e. The van der Waals surface area contributed by atoms with Crippen molar-refractivity contribution in [2.24, 2.45) is 13.0 Å².